The van der Waals surface area contributed by atoms with Crippen molar-refractivity contribution < 1.29 is 18.6 Å². The molecule has 2 aromatic rings. The second-order valence-electron chi connectivity index (χ2n) is 7.75. The van der Waals surface area contributed by atoms with E-state index in [0.29, 0.717) is 44.0 Å². The number of nitrogens with one attached hydrogen (secondary N) is 2. The van der Waals surface area contributed by atoms with Gasteiger partial charge in [0, 0.05) is 49.8 Å². The second kappa shape index (κ2) is 8.95. The Balaban J connectivity index is 1.40. The monoisotopic (exact) mass is 448 g/mol. The van der Waals surface area contributed by atoms with Crippen molar-refractivity contribution in [1.82, 2.24) is 14.3 Å². The molecule has 2 fully saturated rings. The van der Waals surface area contributed by atoms with Gasteiger partial charge in [0.15, 0.2) is 6.29 Å². The van der Waals surface area contributed by atoms with Crippen LogP contribution in [-0.2, 0) is 10.0 Å². The van der Waals surface area contributed by atoms with E-state index in [1.165, 1.54) is 6.20 Å². The molecule has 4 N–H and O–H groups in total. The summed E-state index contributed by atoms with van der Waals surface area (Å²) in [6.45, 7) is 3.95. The molecular formula is C20H28N6O4S. The first-order valence-corrected chi connectivity index (χ1v) is 12.1. The van der Waals surface area contributed by atoms with E-state index in [1.807, 2.05) is 24.3 Å². The molecule has 4 rings (SSSR count). The Kier molecular flexibility index (Phi) is 6.28. The van der Waals surface area contributed by atoms with E-state index in [9.17, 15) is 18.6 Å². The molecule has 168 valence electrons. The van der Waals surface area contributed by atoms with E-state index in [0.717, 1.165) is 24.2 Å². The minimum atomic E-state index is -3.14. The van der Waals surface area contributed by atoms with E-state index in [-0.39, 0.29) is 11.3 Å². The zero-order valence-corrected chi connectivity index (χ0v) is 18.2. The smallest absolute Gasteiger partial charge is 0.229 e. The number of hydrogen-bond acceptors (Lipinski definition) is 9. The maximum atomic E-state index is 12.0. The molecule has 1 saturated heterocycles. The molecule has 0 amide bonds. The van der Waals surface area contributed by atoms with E-state index in [4.69, 9.17) is 0 Å². The average Bonchev–Trinajstić information content (AvgIpc) is 3.58. The number of benzene rings is 1. The molecule has 2 aliphatic rings. The highest BCUT2D eigenvalue weighted by Crippen LogP contribution is 2.29. The number of aliphatic hydroxyl groups excluding tert-OH is 1. The van der Waals surface area contributed by atoms with Gasteiger partial charge in [0.25, 0.3) is 0 Å². The van der Waals surface area contributed by atoms with Gasteiger partial charge >= 0.3 is 0 Å². The molecule has 1 saturated carbocycles. The molecule has 10 nitrogen and oxygen atoms in total. The lowest BCUT2D eigenvalue weighted by Crippen LogP contribution is -2.49. The summed E-state index contributed by atoms with van der Waals surface area (Å²) in [6.07, 6.45) is 1.84. The fraction of sp³-hybridized carbons (Fsp3) is 0.500. The van der Waals surface area contributed by atoms with Crippen molar-refractivity contribution in [3.05, 3.63) is 36.0 Å². The molecule has 1 aromatic carbocycles. The highest BCUT2D eigenvalue weighted by Gasteiger charge is 2.26. The molecule has 0 spiro atoms. The summed E-state index contributed by atoms with van der Waals surface area (Å²) in [5, 5.41) is 25.4. The molecule has 2 heterocycles. The molecule has 1 aliphatic carbocycles. The number of anilines is 4. The van der Waals surface area contributed by atoms with E-state index < -0.39 is 16.3 Å². The van der Waals surface area contributed by atoms with E-state index in [2.05, 4.69) is 25.5 Å². The van der Waals surface area contributed by atoms with Crippen LogP contribution in [0.2, 0.25) is 0 Å². The van der Waals surface area contributed by atoms with Gasteiger partial charge in [0.05, 0.1) is 11.3 Å². The van der Waals surface area contributed by atoms with Crippen molar-refractivity contribution in [3.63, 3.8) is 0 Å². The van der Waals surface area contributed by atoms with Gasteiger partial charge in [-0.05, 0) is 44.0 Å². The number of rotatable bonds is 8. The van der Waals surface area contributed by atoms with Gasteiger partial charge in [0.1, 0.15) is 5.82 Å². The Morgan fingerprint density at radius 3 is 2.39 bits per heavy atom. The lowest BCUT2D eigenvalue weighted by Gasteiger charge is -2.35. The van der Waals surface area contributed by atoms with Crippen LogP contribution in [0.15, 0.2) is 30.5 Å². The number of hydrogen-bond donors (Lipinski definition) is 4. The number of nitrogens with zero attached hydrogens (tertiary/aromatic N) is 4. The summed E-state index contributed by atoms with van der Waals surface area (Å²) in [6, 6.07) is 8.09. The normalized spacial score (nSPS) is 17.7. The summed E-state index contributed by atoms with van der Waals surface area (Å²) in [4.78, 5) is 10.7. The zero-order valence-electron chi connectivity index (χ0n) is 17.4. The Bertz CT molecular complexity index is 1000. The van der Waals surface area contributed by atoms with Gasteiger partial charge in [-0.3, -0.25) is 0 Å². The molecule has 11 heteroatoms. The van der Waals surface area contributed by atoms with Crippen LogP contribution in [0, 0.1) is 0 Å². The third-order valence-corrected chi connectivity index (χ3v) is 7.38. The van der Waals surface area contributed by atoms with Crippen LogP contribution < -0.4 is 15.5 Å². The zero-order chi connectivity index (χ0) is 22.0. The first-order valence-electron chi connectivity index (χ1n) is 10.4. The van der Waals surface area contributed by atoms with Crippen molar-refractivity contribution in [2.45, 2.75) is 32.1 Å². The Morgan fingerprint density at radius 2 is 1.81 bits per heavy atom. The average molecular weight is 449 g/mol. The molecule has 0 bridgehead atoms. The standard InChI is InChI=1S/C20H28N6O4S/c1-2-31(29,30)26-11-9-25(10-12-26)16-7-5-15(6-8-16)23-20-21-13-17(19(27)28)18(24-20)22-14-3-4-14/h5-8,13-14,19,27-28H,2-4,9-12H2,1H3,(H2,21,22,23,24). The lowest BCUT2D eigenvalue weighted by atomic mass is 10.2. The van der Waals surface area contributed by atoms with Crippen LogP contribution in [0.25, 0.3) is 0 Å². The summed E-state index contributed by atoms with van der Waals surface area (Å²) in [5.41, 5.74) is 2.07. The first-order chi connectivity index (χ1) is 14.9. The highest BCUT2D eigenvalue weighted by molar-refractivity contribution is 7.89. The van der Waals surface area contributed by atoms with Gasteiger partial charge in [-0.25, -0.2) is 13.4 Å². The molecule has 0 unspecified atom stereocenters. The molecular weight excluding hydrogens is 420 g/mol. The fourth-order valence-electron chi connectivity index (χ4n) is 3.47. The fourth-order valence-corrected chi connectivity index (χ4v) is 4.55. The Hall–Kier alpha value is -2.47. The predicted molar refractivity (Wildman–Crippen MR) is 119 cm³/mol. The lowest BCUT2D eigenvalue weighted by molar-refractivity contribution is -0.0423. The van der Waals surface area contributed by atoms with E-state index >= 15 is 0 Å². The molecule has 0 radical (unpaired) electrons. The quantitative estimate of drug-likeness (QED) is 0.441. The van der Waals surface area contributed by atoms with Gasteiger partial charge in [-0.1, -0.05) is 0 Å². The largest absolute Gasteiger partial charge is 0.369 e. The van der Waals surface area contributed by atoms with Crippen LogP contribution in [0.5, 0.6) is 0 Å². The minimum Gasteiger partial charge on any atom is -0.369 e. The second-order valence-corrected chi connectivity index (χ2v) is 10.0. The Labute approximate surface area is 182 Å². The third kappa shape index (κ3) is 5.24. The van der Waals surface area contributed by atoms with Gasteiger partial charge < -0.3 is 25.7 Å². The van der Waals surface area contributed by atoms with Crippen molar-refractivity contribution in [2.24, 2.45) is 0 Å². The highest BCUT2D eigenvalue weighted by atomic mass is 32.2. The van der Waals surface area contributed by atoms with Gasteiger partial charge in [-0.15, -0.1) is 0 Å². The van der Waals surface area contributed by atoms with Crippen molar-refractivity contribution in [1.29, 1.82) is 0 Å². The molecule has 1 aromatic heterocycles. The number of aliphatic hydroxyl groups is 2. The predicted octanol–water partition coefficient (Wildman–Crippen LogP) is 1.25. The van der Waals surface area contributed by atoms with Gasteiger partial charge in [-0.2, -0.15) is 9.29 Å². The number of sulfonamides is 1. The summed E-state index contributed by atoms with van der Waals surface area (Å²) >= 11 is 0. The van der Waals surface area contributed by atoms with Crippen molar-refractivity contribution in [3.8, 4) is 0 Å². The molecule has 1 aliphatic heterocycles. The minimum absolute atomic E-state index is 0.131. The number of aromatic nitrogens is 2. The first kappa shape index (κ1) is 21.8. The van der Waals surface area contributed by atoms with Crippen LogP contribution in [-0.4, -0.2) is 70.9 Å². The summed E-state index contributed by atoms with van der Waals surface area (Å²) in [7, 11) is -3.14. The van der Waals surface area contributed by atoms with Crippen LogP contribution in [0.1, 0.15) is 31.6 Å². The number of piperazine rings is 1. The third-order valence-electron chi connectivity index (χ3n) is 5.50. The maximum Gasteiger partial charge on any atom is 0.229 e. The van der Waals surface area contributed by atoms with Crippen molar-refractivity contribution >= 4 is 33.2 Å². The van der Waals surface area contributed by atoms with Crippen LogP contribution >= 0.6 is 0 Å². The Morgan fingerprint density at radius 1 is 1.13 bits per heavy atom. The van der Waals surface area contributed by atoms with Crippen LogP contribution in [0.4, 0.5) is 23.1 Å². The summed E-state index contributed by atoms with van der Waals surface area (Å²) in [5.74, 6) is 0.913. The van der Waals surface area contributed by atoms with Crippen LogP contribution in [0.3, 0.4) is 0 Å². The maximum absolute atomic E-state index is 12.0. The van der Waals surface area contributed by atoms with E-state index in [1.54, 1.807) is 11.2 Å². The summed E-state index contributed by atoms with van der Waals surface area (Å²) < 4.78 is 25.6. The van der Waals surface area contributed by atoms with Gasteiger partial charge in [0.2, 0.25) is 16.0 Å². The molecule has 31 heavy (non-hydrogen) atoms. The van der Waals surface area contributed by atoms with Crippen molar-refractivity contribution in [2.75, 3.05) is 47.5 Å². The topological polar surface area (TPSA) is 131 Å². The molecule has 0 atom stereocenters. The SMILES string of the molecule is CCS(=O)(=O)N1CCN(c2ccc(Nc3ncc(C(O)O)c(NC4CC4)n3)cc2)CC1.